The van der Waals surface area contributed by atoms with Gasteiger partial charge in [-0.25, -0.2) is 9.18 Å². The number of hydrogen-bond donors (Lipinski definition) is 1. The third-order valence-corrected chi connectivity index (χ3v) is 2.32. The largest absolute Gasteiger partial charge is 0.336 e. The number of amides is 2. The number of carbonyl (C=O) groups excluding carboxylic acids is 1. The number of benzene rings is 1. The third-order valence-electron chi connectivity index (χ3n) is 2.32. The Balaban J connectivity index is 2.32. The first-order chi connectivity index (χ1) is 6.68. The Morgan fingerprint density at radius 2 is 2.29 bits per heavy atom. The number of aryl methyl sites for hydroxylation is 1. The van der Waals surface area contributed by atoms with Gasteiger partial charge in [0.2, 0.25) is 0 Å². The topological polar surface area (TPSA) is 32.3 Å². The number of urea groups is 1. The third kappa shape index (κ3) is 1.43. The number of anilines is 1. The molecule has 0 bridgehead atoms. The van der Waals surface area contributed by atoms with Gasteiger partial charge in [-0.15, -0.1) is 0 Å². The standard InChI is InChI=1S/C10H11FN2O/c1-7-2-3-8(6-9(7)11)13-5-4-12-10(13)14/h2-3,6H,4-5H2,1H3,(H,12,14). The van der Waals surface area contributed by atoms with Crippen LogP contribution < -0.4 is 10.2 Å². The fourth-order valence-electron chi connectivity index (χ4n) is 1.47. The summed E-state index contributed by atoms with van der Waals surface area (Å²) in [5.41, 5.74) is 1.21. The van der Waals surface area contributed by atoms with E-state index in [4.69, 9.17) is 0 Å². The Labute approximate surface area is 81.5 Å². The molecule has 1 fully saturated rings. The predicted octanol–water partition coefficient (Wildman–Crippen LogP) is 1.66. The highest BCUT2D eigenvalue weighted by molar-refractivity contribution is 5.93. The lowest BCUT2D eigenvalue weighted by Gasteiger charge is -2.14. The van der Waals surface area contributed by atoms with Crippen molar-refractivity contribution in [2.45, 2.75) is 6.92 Å². The van der Waals surface area contributed by atoms with E-state index in [1.807, 2.05) is 0 Å². The van der Waals surface area contributed by atoms with E-state index in [1.165, 1.54) is 11.0 Å². The summed E-state index contributed by atoms with van der Waals surface area (Å²) in [6.07, 6.45) is 0. The SMILES string of the molecule is Cc1ccc(N2CCNC2=O)cc1F. The van der Waals surface area contributed by atoms with Crippen molar-refractivity contribution in [3.63, 3.8) is 0 Å². The van der Waals surface area contributed by atoms with Crippen LogP contribution in [0.3, 0.4) is 0 Å². The maximum Gasteiger partial charge on any atom is 0.321 e. The van der Waals surface area contributed by atoms with Crippen molar-refractivity contribution in [2.75, 3.05) is 18.0 Å². The van der Waals surface area contributed by atoms with Gasteiger partial charge in [0.15, 0.2) is 0 Å². The number of nitrogens with one attached hydrogen (secondary N) is 1. The summed E-state index contributed by atoms with van der Waals surface area (Å²) in [6.45, 7) is 2.92. The van der Waals surface area contributed by atoms with E-state index in [1.54, 1.807) is 19.1 Å². The van der Waals surface area contributed by atoms with E-state index >= 15 is 0 Å². The predicted molar refractivity (Wildman–Crippen MR) is 51.9 cm³/mol. The van der Waals surface area contributed by atoms with E-state index in [0.29, 0.717) is 24.3 Å². The molecule has 2 rings (SSSR count). The number of halogens is 1. The monoisotopic (exact) mass is 194 g/mol. The molecule has 74 valence electrons. The zero-order valence-electron chi connectivity index (χ0n) is 7.88. The first-order valence-electron chi connectivity index (χ1n) is 4.50. The summed E-state index contributed by atoms with van der Waals surface area (Å²) < 4.78 is 13.2. The second-order valence-electron chi connectivity index (χ2n) is 3.32. The van der Waals surface area contributed by atoms with Gasteiger partial charge in [0.25, 0.3) is 0 Å². The Bertz CT molecular complexity index is 378. The molecule has 0 saturated carbocycles. The maximum atomic E-state index is 13.2. The zero-order valence-corrected chi connectivity index (χ0v) is 7.88. The van der Waals surface area contributed by atoms with Crippen molar-refractivity contribution < 1.29 is 9.18 Å². The second-order valence-corrected chi connectivity index (χ2v) is 3.32. The molecule has 14 heavy (non-hydrogen) atoms. The molecular formula is C10H11FN2O. The highest BCUT2D eigenvalue weighted by Crippen LogP contribution is 2.19. The minimum Gasteiger partial charge on any atom is -0.336 e. The van der Waals surface area contributed by atoms with Crippen LogP contribution in [0.4, 0.5) is 14.9 Å². The molecule has 2 amide bonds. The van der Waals surface area contributed by atoms with Gasteiger partial charge in [0.05, 0.1) is 0 Å². The van der Waals surface area contributed by atoms with Crippen LogP contribution in [0.25, 0.3) is 0 Å². The molecule has 1 aliphatic heterocycles. The van der Waals surface area contributed by atoms with E-state index in [9.17, 15) is 9.18 Å². The van der Waals surface area contributed by atoms with E-state index < -0.39 is 0 Å². The number of carbonyl (C=O) groups is 1. The summed E-state index contributed by atoms with van der Waals surface area (Å²) in [4.78, 5) is 12.8. The van der Waals surface area contributed by atoms with E-state index in [2.05, 4.69) is 5.32 Å². The van der Waals surface area contributed by atoms with Gasteiger partial charge in [-0.2, -0.15) is 0 Å². The molecule has 0 aliphatic carbocycles. The van der Waals surface area contributed by atoms with Crippen LogP contribution in [-0.4, -0.2) is 19.1 Å². The van der Waals surface area contributed by atoms with Gasteiger partial charge in [-0.05, 0) is 24.6 Å². The molecule has 0 spiro atoms. The van der Waals surface area contributed by atoms with Gasteiger partial charge < -0.3 is 5.32 Å². The molecule has 1 heterocycles. The Morgan fingerprint density at radius 1 is 1.50 bits per heavy atom. The summed E-state index contributed by atoms with van der Waals surface area (Å²) >= 11 is 0. The molecule has 1 N–H and O–H groups in total. The average molecular weight is 194 g/mol. The Hall–Kier alpha value is -1.58. The van der Waals surface area contributed by atoms with Gasteiger partial charge in [-0.1, -0.05) is 6.07 Å². The number of rotatable bonds is 1. The summed E-state index contributed by atoms with van der Waals surface area (Å²) in [6, 6.07) is 4.66. The van der Waals surface area contributed by atoms with Crippen molar-refractivity contribution in [3.05, 3.63) is 29.6 Å². The fourth-order valence-corrected chi connectivity index (χ4v) is 1.47. The molecule has 1 saturated heterocycles. The first-order valence-corrected chi connectivity index (χ1v) is 4.50. The Kier molecular flexibility index (Phi) is 2.11. The molecule has 0 unspecified atom stereocenters. The van der Waals surface area contributed by atoms with Crippen molar-refractivity contribution in [3.8, 4) is 0 Å². The lowest BCUT2D eigenvalue weighted by atomic mass is 10.2. The van der Waals surface area contributed by atoms with Crippen LogP contribution in [0.5, 0.6) is 0 Å². The minimum atomic E-state index is -0.276. The molecule has 1 aromatic carbocycles. The van der Waals surface area contributed by atoms with Crippen LogP contribution in [0.1, 0.15) is 5.56 Å². The van der Waals surface area contributed by atoms with Crippen LogP contribution in [-0.2, 0) is 0 Å². The van der Waals surface area contributed by atoms with Crippen molar-refractivity contribution >= 4 is 11.7 Å². The molecule has 1 aliphatic rings. The van der Waals surface area contributed by atoms with Gasteiger partial charge in [0.1, 0.15) is 5.82 Å². The van der Waals surface area contributed by atoms with Crippen molar-refractivity contribution in [2.24, 2.45) is 0 Å². The minimum absolute atomic E-state index is 0.159. The van der Waals surface area contributed by atoms with Crippen LogP contribution in [0.15, 0.2) is 18.2 Å². The smallest absolute Gasteiger partial charge is 0.321 e. The maximum absolute atomic E-state index is 13.2. The summed E-state index contributed by atoms with van der Waals surface area (Å²) in [7, 11) is 0. The molecule has 0 atom stereocenters. The highest BCUT2D eigenvalue weighted by atomic mass is 19.1. The summed E-state index contributed by atoms with van der Waals surface area (Å²) in [5.74, 6) is -0.276. The van der Waals surface area contributed by atoms with Crippen molar-refractivity contribution in [1.29, 1.82) is 0 Å². The lowest BCUT2D eigenvalue weighted by Crippen LogP contribution is -2.27. The van der Waals surface area contributed by atoms with Crippen LogP contribution in [0, 0.1) is 12.7 Å². The van der Waals surface area contributed by atoms with E-state index in [0.717, 1.165) is 0 Å². The van der Waals surface area contributed by atoms with Crippen molar-refractivity contribution in [1.82, 2.24) is 5.32 Å². The van der Waals surface area contributed by atoms with E-state index in [-0.39, 0.29) is 11.8 Å². The first kappa shape index (κ1) is 8.99. The van der Waals surface area contributed by atoms with Crippen LogP contribution in [0.2, 0.25) is 0 Å². The quantitative estimate of drug-likeness (QED) is 0.724. The molecule has 1 aromatic rings. The zero-order chi connectivity index (χ0) is 10.1. The summed E-state index contributed by atoms with van der Waals surface area (Å²) in [5, 5.41) is 2.67. The average Bonchev–Trinajstić information content (AvgIpc) is 2.57. The number of hydrogen-bond acceptors (Lipinski definition) is 1. The van der Waals surface area contributed by atoms with Gasteiger partial charge in [-0.3, -0.25) is 4.90 Å². The van der Waals surface area contributed by atoms with Gasteiger partial charge in [0, 0.05) is 18.8 Å². The van der Waals surface area contributed by atoms with Gasteiger partial charge >= 0.3 is 6.03 Å². The number of nitrogens with zero attached hydrogens (tertiary/aromatic N) is 1. The molecule has 4 heteroatoms. The highest BCUT2D eigenvalue weighted by Gasteiger charge is 2.21. The lowest BCUT2D eigenvalue weighted by molar-refractivity contribution is 0.252. The second kappa shape index (κ2) is 3.29. The molecule has 3 nitrogen and oxygen atoms in total. The van der Waals surface area contributed by atoms with Crippen LogP contribution >= 0.6 is 0 Å². The molecule has 0 radical (unpaired) electrons. The Morgan fingerprint density at radius 3 is 2.86 bits per heavy atom. The molecular weight excluding hydrogens is 183 g/mol. The fraction of sp³-hybridized carbons (Fsp3) is 0.300. The normalized spacial score (nSPS) is 15.9. The molecule has 0 aromatic heterocycles.